The lowest BCUT2D eigenvalue weighted by molar-refractivity contribution is 0.595. The average molecular weight is 508 g/mol. The van der Waals surface area contributed by atoms with E-state index in [0.29, 0.717) is 4.90 Å². The fraction of sp³-hybridized carbons (Fsp3) is 0.0625. The Morgan fingerprint density at radius 3 is 1.25 bits per heavy atom. The van der Waals surface area contributed by atoms with Gasteiger partial charge in [-0.05, 0) is 59.7 Å². The van der Waals surface area contributed by atoms with Crippen LogP contribution in [-0.4, -0.2) is 8.42 Å². The Morgan fingerprint density at radius 2 is 0.806 bits per heavy atom. The standard InChI is InChI=1S/C32H28O2PS/c33-36(34,32-23-11-4-12-24-32)26-28-16-14-13-15-27(28)25-35(29-17-5-1-6-18-29,30-19-7-2-8-20-30)31-21-9-3-10-22-31/h1-24H,25-26H2/q+1. The van der Waals surface area contributed by atoms with Gasteiger partial charge in [-0.25, -0.2) is 8.42 Å². The van der Waals surface area contributed by atoms with Crippen LogP contribution in [-0.2, 0) is 21.8 Å². The van der Waals surface area contributed by atoms with E-state index in [2.05, 4.69) is 97.1 Å². The molecule has 0 bridgehead atoms. The summed E-state index contributed by atoms with van der Waals surface area (Å²) in [5.74, 6) is -0.0223. The van der Waals surface area contributed by atoms with Crippen LogP contribution in [0.15, 0.2) is 150 Å². The first-order valence-corrected chi connectivity index (χ1v) is 15.6. The van der Waals surface area contributed by atoms with E-state index in [9.17, 15) is 8.42 Å². The van der Waals surface area contributed by atoms with Crippen molar-refractivity contribution in [3.8, 4) is 0 Å². The van der Waals surface area contributed by atoms with Crippen LogP contribution in [0.2, 0.25) is 0 Å². The Hall–Kier alpha value is -3.52. The van der Waals surface area contributed by atoms with Gasteiger partial charge in [0.05, 0.1) is 16.8 Å². The molecule has 0 aliphatic heterocycles. The molecule has 0 unspecified atom stereocenters. The zero-order chi connectivity index (χ0) is 24.8. The number of hydrogen-bond acceptors (Lipinski definition) is 2. The summed E-state index contributed by atoms with van der Waals surface area (Å²) >= 11 is 0. The molecular weight excluding hydrogens is 479 g/mol. The van der Waals surface area contributed by atoms with Gasteiger partial charge in [0.2, 0.25) is 0 Å². The van der Waals surface area contributed by atoms with E-state index >= 15 is 0 Å². The van der Waals surface area contributed by atoms with Gasteiger partial charge in [0.1, 0.15) is 23.2 Å². The van der Waals surface area contributed by atoms with E-state index in [1.807, 2.05) is 24.3 Å². The van der Waals surface area contributed by atoms with Crippen LogP contribution in [0.4, 0.5) is 0 Å². The highest BCUT2D eigenvalue weighted by molar-refractivity contribution is 7.95. The van der Waals surface area contributed by atoms with Gasteiger partial charge in [0, 0.05) is 0 Å². The van der Waals surface area contributed by atoms with Gasteiger partial charge in [0.15, 0.2) is 9.84 Å². The topological polar surface area (TPSA) is 34.1 Å². The molecular formula is C32H28O2PS+. The van der Waals surface area contributed by atoms with Gasteiger partial charge in [0.25, 0.3) is 0 Å². The SMILES string of the molecule is O=S(=O)(Cc1ccccc1C[P+](c1ccccc1)(c1ccccc1)c1ccccc1)c1ccccc1. The van der Waals surface area contributed by atoms with Crippen LogP contribution < -0.4 is 15.9 Å². The molecule has 0 spiro atoms. The van der Waals surface area contributed by atoms with E-state index in [0.717, 1.165) is 17.3 Å². The maximum absolute atomic E-state index is 13.3. The predicted octanol–water partition coefficient (Wildman–Crippen LogP) is 6.15. The number of benzene rings is 5. The van der Waals surface area contributed by atoms with Gasteiger partial charge in [-0.15, -0.1) is 0 Å². The third kappa shape index (κ3) is 4.91. The zero-order valence-corrected chi connectivity index (χ0v) is 21.7. The normalized spacial score (nSPS) is 11.8. The molecule has 0 radical (unpaired) electrons. The molecule has 2 nitrogen and oxygen atoms in total. The highest BCUT2D eigenvalue weighted by Gasteiger charge is 2.45. The smallest absolute Gasteiger partial charge is 0.182 e. The molecule has 0 saturated heterocycles. The predicted molar refractivity (Wildman–Crippen MR) is 153 cm³/mol. The highest BCUT2D eigenvalue weighted by Crippen LogP contribution is 2.58. The minimum Gasteiger partial charge on any atom is -0.223 e. The first-order valence-electron chi connectivity index (χ1n) is 12.0. The monoisotopic (exact) mass is 507 g/mol. The summed E-state index contributed by atoms with van der Waals surface area (Å²) in [6.45, 7) is 0. The van der Waals surface area contributed by atoms with Crippen LogP contribution in [0.25, 0.3) is 0 Å². The molecule has 0 heterocycles. The molecule has 0 amide bonds. The maximum Gasteiger partial charge on any atom is 0.182 e. The highest BCUT2D eigenvalue weighted by atomic mass is 32.2. The van der Waals surface area contributed by atoms with Crippen LogP contribution in [0.1, 0.15) is 11.1 Å². The molecule has 4 heteroatoms. The van der Waals surface area contributed by atoms with Crippen molar-refractivity contribution in [1.82, 2.24) is 0 Å². The number of sulfone groups is 1. The summed E-state index contributed by atoms with van der Waals surface area (Å²) in [7, 11) is -5.61. The third-order valence-corrected chi connectivity index (χ3v) is 12.6. The second kappa shape index (κ2) is 10.6. The summed E-state index contributed by atoms with van der Waals surface area (Å²) in [6, 6.07) is 48.8. The Labute approximate surface area is 214 Å². The molecule has 0 N–H and O–H groups in total. The molecule has 5 aromatic rings. The van der Waals surface area contributed by atoms with Crippen molar-refractivity contribution in [3.63, 3.8) is 0 Å². The van der Waals surface area contributed by atoms with Crippen molar-refractivity contribution in [2.24, 2.45) is 0 Å². The molecule has 36 heavy (non-hydrogen) atoms. The van der Waals surface area contributed by atoms with E-state index < -0.39 is 17.1 Å². The van der Waals surface area contributed by atoms with Crippen LogP contribution in [0.3, 0.4) is 0 Å². The molecule has 0 aliphatic rings. The lowest BCUT2D eigenvalue weighted by Crippen LogP contribution is -2.32. The van der Waals surface area contributed by atoms with Gasteiger partial charge in [-0.3, -0.25) is 0 Å². The lowest BCUT2D eigenvalue weighted by atomic mass is 10.1. The van der Waals surface area contributed by atoms with Crippen LogP contribution >= 0.6 is 7.26 Å². The summed E-state index contributed by atoms with van der Waals surface area (Å²) < 4.78 is 26.7. The first kappa shape index (κ1) is 24.2. The first-order chi connectivity index (χ1) is 17.6. The van der Waals surface area contributed by atoms with E-state index in [-0.39, 0.29) is 5.75 Å². The molecule has 5 rings (SSSR count). The van der Waals surface area contributed by atoms with E-state index in [1.165, 1.54) is 15.9 Å². The van der Waals surface area contributed by atoms with Crippen molar-refractivity contribution in [2.45, 2.75) is 16.8 Å². The third-order valence-electron chi connectivity index (χ3n) is 6.56. The molecule has 0 aromatic heterocycles. The second-order valence-electron chi connectivity index (χ2n) is 8.82. The van der Waals surface area contributed by atoms with Gasteiger partial charge in [-0.2, -0.15) is 0 Å². The molecule has 0 fully saturated rings. The lowest BCUT2D eigenvalue weighted by Gasteiger charge is -2.28. The van der Waals surface area contributed by atoms with Crippen molar-refractivity contribution in [1.29, 1.82) is 0 Å². The Morgan fingerprint density at radius 1 is 0.444 bits per heavy atom. The molecule has 0 atom stereocenters. The summed E-state index contributed by atoms with van der Waals surface area (Å²) in [5.41, 5.74) is 1.93. The van der Waals surface area contributed by atoms with Crippen molar-refractivity contribution < 1.29 is 8.42 Å². The Kier molecular flexibility index (Phi) is 7.13. The number of rotatable bonds is 8. The Balaban J connectivity index is 1.68. The van der Waals surface area contributed by atoms with Crippen LogP contribution in [0.5, 0.6) is 0 Å². The minimum absolute atomic E-state index is 0.0223. The summed E-state index contributed by atoms with van der Waals surface area (Å²) in [4.78, 5) is 0.357. The van der Waals surface area contributed by atoms with E-state index in [4.69, 9.17) is 0 Å². The molecule has 5 aromatic carbocycles. The summed E-state index contributed by atoms with van der Waals surface area (Å²) in [5, 5.41) is 3.84. The largest absolute Gasteiger partial charge is 0.223 e. The van der Waals surface area contributed by atoms with Crippen molar-refractivity contribution in [2.75, 3.05) is 0 Å². The molecule has 0 saturated carbocycles. The Bertz CT molecular complexity index is 1420. The fourth-order valence-corrected chi connectivity index (χ4v) is 10.5. The second-order valence-corrected chi connectivity index (χ2v) is 14.3. The minimum atomic E-state index is -3.47. The summed E-state index contributed by atoms with van der Waals surface area (Å²) in [6.07, 6.45) is 0.742. The van der Waals surface area contributed by atoms with Gasteiger partial charge >= 0.3 is 0 Å². The van der Waals surface area contributed by atoms with Gasteiger partial charge in [-0.1, -0.05) is 97.1 Å². The average Bonchev–Trinajstić information content (AvgIpc) is 2.94. The van der Waals surface area contributed by atoms with Crippen LogP contribution in [0, 0.1) is 0 Å². The van der Waals surface area contributed by atoms with Gasteiger partial charge < -0.3 is 0 Å². The fourth-order valence-electron chi connectivity index (χ4n) is 4.79. The zero-order valence-electron chi connectivity index (χ0n) is 19.9. The van der Waals surface area contributed by atoms with E-state index in [1.54, 1.807) is 24.3 Å². The molecule has 0 aliphatic carbocycles. The quantitative estimate of drug-likeness (QED) is 0.236. The molecule has 178 valence electrons. The van der Waals surface area contributed by atoms with Crippen molar-refractivity contribution in [3.05, 3.63) is 157 Å². The maximum atomic E-state index is 13.3. The van der Waals surface area contributed by atoms with Crippen molar-refractivity contribution >= 4 is 33.0 Å². The number of hydrogen-bond donors (Lipinski definition) is 0.